The SMILES string of the molecule is C=CC(=O)N[C@H]1CCOC[C@H]1Nc1ncc2cc(-c3c(Cl)c(OC)cc(OC)c3Cl)nc(NCCNS(C)(=O)=O)c2n1. The minimum Gasteiger partial charge on any atom is -0.495 e. The highest BCUT2D eigenvalue weighted by Gasteiger charge is 2.28. The first-order valence-corrected chi connectivity index (χ1v) is 15.4. The lowest BCUT2D eigenvalue weighted by molar-refractivity contribution is -0.117. The number of fused-ring (bicyclic) bond motifs is 1. The van der Waals surface area contributed by atoms with Crippen LogP contribution >= 0.6 is 23.2 Å². The lowest BCUT2D eigenvalue weighted by Gasteiger charge is -2.32. The van der Waals surface area contributed by atoms with E-state index in [1.165, 1.54) is 20.3 Å². The number of anilines is 2. The number of methoxy groups -OCH3 is 2. The number of aromatic nitrogens is 3. The molecule has 1 amide bonds. The maximum atomic E-state index is 11.9. The van der Waals surface area contributed by atoms with Crippen LogP contribution in [0.2, 0.25) is 10.0 Å². The number of carbonyl (C=O) groups is 1. The number of nitrogens with zero attached hydrogens (tertiary/aromatic N) is 3. The molecule has 2 atom stereocenters. The van der Waals surface area contributed by atoms with Crippen molar-refractivity contribution in [3.05, 3.63) is 41.0 Å². The molecule has 0 aliphatic carbocycles. The third kappa shape index (κ3) is 7.50. The maximum Gasteiger partial charge on any atom is 0.243 e. The van der Waals surface area contributed by atoms with Crippen LogP contribution in [0, 0.1) is 0 Å². The third-order valence-corrected chi connectivity index (χ3v) is 7.84. The minimum absolute atomic E-state index is 0.0982. The van der Waals surface area contributed by atoms with Gasteiger partial charge in [0.2, 0.25) is 21.9 Å². The number of rotatable bonds is 12. The summed E-state index contributed by atoms with van der Waals surface area (Å²) < 4.78 is 42.0. The van der Waals surface area contributed by atoms with Gasteiger partial charge in [0.05, 0.1) is 54.9 Å². The summed E-state index contributed by atoms with van der Waals surface area (Å²) >= 11 is 13.3. The van der Waals surface area contributed by atoms with E-state index < -0.39 is 10.0 Å². The van der Waals surface area contributed by atoms with Crippen molar-refractivity contribution in [1.82, 2.24) is 25.0 Å². The Kier molecular flexibility index (Phi) is 10.3. The van der Waals surface area contributed by atoms with E-state index in [1.807, 2.05) is 0 Å². The van der Waals surface area contributed by atoms with E-state index in [0.29, 0.717) is 59.1 Å². The van der Waals surface area contributed by atoms with Crippen LogP contribution in [-0.2, 0) is 19.6 Å². The van der Waals surface area contributed by atoms with Gasteiger partial charge in [-0.15, -0.1) is 0 Å². The van der Waals surface area contributed by atoms with Crippen molar-refractivity contribution in [3.8, 4) is 22.8 Å². The molecule has 0 unspecified atom stereocenters. The number of amides is 1. The summed E-state index contributed by atoms with van der Waals surface area (Å²) in [7, 11) is -0.448. The Labute approximate surface area is 253 Å². The fourth-order valence-electron chi connectivity index (χ4n) is 4.35. The summed E-state index contributed by atoms with van der Waals surface area (Å²) in [4.78, 5) is 25.9. The van der Waals surface area contributed by atoms with E-state index in [1.54, 1.807) is 18.3 Å². The quantitative estimate of drug-likeness (QED) is 0.170. The molecule has 4 rings (SSSR count). The summed E-state index contributed by atoms with van der Waals surface area (Å²) in [5.74, 6) is 0.997. The molecule has 0 bridgehead atoms. The van der Waals surface area contributed by atoms with Crippen molar-refractivity contribution in [2.75, 3.05) is 57.4 Å². The molecule has 226 valence electrons. The molecule has 0 saturated carbocycles. The number of hydrogen-bond donors (Lipinski definition) is 4. The number of sulfonamides is 1. The second-order valence-electron chi connectivity index (χ2n) is 9.30. The molecular weight excluding hydrogens is 609 g/mol. The number of halogens is 2. The molecular formula is C26H31Cl2N7O6S. The van der Waals surface area contributed by atoms with E-state index in [2.05, 4.69) is 37.2 Å². The molecule has 1 aromatic carbocycles. The van der Waals surface area contributed by atoms with Gasteiger partial charge in [0.15, 0.2) is 5.82 Å². The Bertz CT molecular complexity index is 1560. The fourth-order valence-corrected chi connectivity index (χ4v) is 5.52. The molecule has 3 heterocycles. The molecule has 1 aliphatic rings. The van der Waals surface area contributed by atoms with Gasteiger partial charge in [0, 0.05) is 42.9 Å². The molecule has 1 aliphatic heterocycles. The minimum atomic E-state index is -3.39. The van der Waals surface area contributed by atoms with Gasteiger partial charge in [-0.25, -0.2) is 28.1 Å². The standard InChI is InChI=1S/C26H31Cl2N7O6S/c1-5-20(36)32-15-6-9-41-13-17(15)34-26-30-12-14-10-16(21-22(27)18(39-2)11-19(40-3)23(21)28)33-25(24(14)35-26)29-7-8-31-42(4,37)38/h5,10-12,15,17,31H,1,6-9,13H2,2-4H3,(H,29,33)(H,32,36)(H,30,34,35)/t15-,17+/m0/s1. The van der Waals surface area contributed by atoms with Gasteiger partial charge in [-0.2, -0.15) is 0 Å². The van der Waals surface area contributed by atoms with Gasteiger partial charge in [-0.05, 0) is 18.6 Å². The zero-order chi connectivity index (χ0) is 30.4. The average Bonchev–Trinajstić information content (AvgIpc) is 2.96. The first-order chi connectivity index (χ1) is 20.0. The van der Waals surface area contributed by atoms with Gasteiger partial charge in [-0.1, -0.05) is 29.8 Å². The summed E-state index contributed by atoms with van der Waals surface area (Å²) in [5.41, 5.74) is 1.20. The van der Waals surface area contributed by atoms with Crippen LogP contribution < -0.4 is 30.1 Å². The predicted molar refractivity (Wildman–Crippen MR) is 162 cm³/mol. The van der Waals surface area contributed by atoms with Gasteiger partial charge < -0.3 is 30.2 Å². The van der Waals surface area contributed by atoms with E-state index in [-0.39, 0.29) is 47.1 Å². The Balaban J connectivity index is 1.75. The van der Waals surface area contributed by atoms with Crippen LogP contribution in [0.25, 0.3) is 22.2 Å². The van der Waals surface area contributed by atoms with E-state index in [4.69, 9.17) is 42.4 Å². The topological polar surface area (TPSA) is 166 Å². The first-order valence-electron chi connectivity index (χ1n) is 12.8. The Hall–Kier alpha value is -3.43. The van der Waals surface area contributed by atoms with Crippen molar-refractivity contribution in [3.63, 3.8) is 0 Å². The lowest BCUT2D eigenvalue weighted by atomic mass is 10.0. The van der Waals surface area contributed by atoms with E-state index in [0.717, 1.165) is 6.26 Å². The smallest absolute Gasteiger partial charge is 0.243 e. The second-order valence-corrected chi connectivity index (χ2v) is 11.9. The molecule has 42 heavy (non-hydrogen) atoms. The van der Waals surface area contributed by atoms with Crippen LogP contribution in [0.5, 0.6) is 11.5 Å². The monoisotopic (exact) mass is 639 g/mol. The largest absolute Gasteiger partial charge is 0.495 e. The highest BCUT2D eigenvalue weighted by atomic mass is 35.5. The summed E-state index contributed by atoms with van der Waals surface area (Å²) in [6, 6.07) is 2.77. The fraction of sp³-hybridized carbons (Fsp3) is 0.385. The predicted octanol–water partition coefficient (Wildman–Crippen LogP) is 2.85. The van der Waals surface area contributed by atoms with E-state index in [9.17, 15) is 13.2 Å². The molecule has 4 N–H and O–H groups in total. The van der Waals surface area contributed by atoms with Crippen molar-refractivity contribution >= 4 is 61.8 Å². The average molecular weight is 641 g/mol. The third-order valence-electron chi connectivity index (χ3n) is 6.36. The van der Waals surface area contributed by atoms with Crippen molar-refractivity contribution in [1.29, 1.82) is 0 Å². The molecule has 3 aromatic rings. The highest BCUT2D eigenvalue weighted by Crippen LogP contribution is 2.46. The normalized spacial score (nSPS) is 17.0. The van der Waals surface area contributed by atoms with Crippen LogP contribution in [0.1, 0.15) is 6.42 Å². The zero-order valence-corrected chi connectivity index (χ0v) is 25.5. The van der Waals surface area contributed by atoms with Gasteiger partial charge >= 0.3 is 0 Å². The molecule has 0 radical (unpaired) electrons. The number of benzene rings is 1. The highest BCUT2D eigenvalue weighted by molar-refractivity contribution is 7.88. The Morgan fingerprint density at radius 3 is 2.50 bits per heavy atom. The van der Waals surface area contributed by atoms with Crippen molar-refractivity contribution in [2.45, 2.75) is 18.5 Å². The number of hydrogen-bond acceptors (Lipinski definition) is 11. The summed E-state index contributed by atoms with van der Waals surface area (Å²) in [6.45, 7) is 4.64. The molecule has 2 aromatic heterocycles. The van der Waals surface area contributed by atoms with Crippen LogP contribution in [-0.4, -0.2) is 88.1 Å². The first kappa shape index (κ1) is 31.5. The summed E-state index contributed by atoms with van der Waals surface area (Å²) in [6.07, 6.45) is 4.50. The second kappa shape index (κ2) is 13.7. The number of carbonyl (C=O) groups excluding carboxylic acids is 1. The van der Waals surface area contributed by atoms with Gasteiger partial charge in [0.25, 0.3) is 0 Å². The zero-order valence-electron chi connectivity index (χ0n) is 23.2. The molecule has 1 fully saturated rings. The molecule has 1 saturated heterocycles. The number of ether oxygens (including phenoxy) is 3. The van der Waals surface area contributed by atoms with Crippen LogP contribution in [0.15, 0.2) is 31.0 Å². The molecule has 0 spiro atoms. The van der Waals surface area contributed by atoms with Crippen molar-refractivity contribution in [2.24, 2.45) is 0 Å². The Morgan fingerprint density at radius 2 is 1.86 bits per heavy atom. The van der Waals surface area contributed by atoms with Gasteiger partial charge in [-0.3, -0.25) is 4.79 Å². The summed E-state index contributed by atoms with van der Waals surface area (Å²) in [5, 5.41) is 10.3. The van der Waals surface area contributed by atoms with Crippen LogP contribution in [0.4, 0.5) is 11.8 Å². The lowest BCUT2D eigenvalue weighted by Crippen LogP contribution is -2.52. The molecule has 16 heteroatoms. The molecule has 13 nitrogen and oxygen atoms in total. The number of pyridine rings is 1. The van der Waals surface area contributed by atoms with Crippen molar-refractivity contribution < 1.29 is 27.4 Å². The Morgan fingerprint density at radius 1 is 1.14 bits per heavy atom. The van der Waals surface area contributed by atoms with Crippen LogP contribution in [0.3, 0.4) is 0 Å². The maximum absolute atomic E-state index is 11.9. The van der Waals surface area contributed by atoms with E-state index >= 15 is 0 Å². The van der Waals surface area contributed by atoms with Gasteiger partial charge in [0.1, 0.15) is 17.0 Å². The number of nitrogens with one attached hydrogen (secondary N) is 4.